The number of carbonyl (C=O) groups excluding carboxylic acids is 2. The molecule has 4 rings (SSSR count). The van der Waals surface area contributed by atoms with Crippen LogP contribution in [0.1, 0.15) is 36.9 Å². The molecule has 2 heterocycles. The normalized spacial score (nSPS) is 17.4. The summed E-state index contributed by atoms with van der Waals surface area (Å²) in [5, 5.41) is 11.2. The van der Waals surface area contributed by atoms with E-state index in [0.717, 1.165) is 16.5 Å². The second-order valence-electron chi connectivity index (χ2n) is 8.07. The van der Waals surface area contributed by atoms with E-state index in [9.17, 15) is 14.7 Å². The topological polar surface area (TPSA) is 84.7 Å². The predicted octanol–water partition coefficient (Wildman–Crippen LogP) is 4.95. The number of halogens is 1. The first kappa shape index (κ1) is 23.8. The lowest BCUT2D eigenvalue weighted by molar-refractivity contribution is -0.139. The minimum atomic E-state index is -0.684. The molecule has 0 saturated carbocycles. The Kier molecular flexibility index (Phi) is 7.47. The minimum absolute atomic E-state index is 0.0907. The van der Waals surface area contributed by atoms with Gasteiger partial charge in [-0.1, -0.05) is 35.0 Å². The first-order valence-corrected chi connectivity index (χ1v) is 12.0. The maximum Gasteiger partial charge on any atom is 0.295 e. The largest absolute Gasteiger partial charge is 0.507 e. The van der Waals surface area contributed by atoms with E-state index < -0.39 is 17.7 Å². The van der Waals surface area contributed by atoms with Gasteiger partial charge in [0.15, 0.2) is 0 Å². The molecule has 1 aromatic heterocycles. The highest BCUT2D eigenvalue weighted by molar-refractivity contribution is 9.10. The molecule has 8 heteroatoms. The number of likely N-dealkylation sites (tertiary alicyclic amines) is 1. The molecule has 0 bridgehead atoms. The molecule has 0 spiro atoms. The number of aromatic nitrogens is 2. The smallest absolute Gasteiger partial charge is 0.295 e. The van der Waals surface area contributed by atoms with E-state index in [-0.39, 0.29) is 11.3 Å². The van der Waals surface area contributed by atoms with E-state index in [1.807, 2.05) is 42.0 Å². The molecule has 2 aromatic carbocycles. The monoisotopic (exact) mass is 523 g/mol. The Morgan fingerprint density at radius 3 is 2.62 bits per heavy atom. The summed E-state index contributed by atoms with van der Waals surface area (Å²) in [6.07, 6.45) is 6.80. The maximum atomic E-state index is 13.1. The van der Waals surface area contributed by atoms with Crippen LogP contribution < -0.4 is 4.74 Å². The highest BCUT2D eigenvalue weighted by atomic mass is 79.9. The van der Waals surface area contributed by atoms with Crippen molar-refractivity contribution in [1.29, 1.82) is 0 Å². The van der Waals surface area contributed by atoms with E-state index in [2.05, 4.69) is 20.9 Å². The molecule has 1 fully saturated rings. The second-order valence-corrected chi connectivity index (χ2v) is 8.99. The number of aliphatic hydroxyl groups excluding tert-OH is 1. The third kappa shape index (κ3) is 5.07. The van der Waals surface area contributed by atoms with E-state index >= 15 is 0 Å². The zero-order valence-electron chi connectivity index (χ0n) is 18.9. The lowest BCUT2D eigenvalue weighted by Crippen LogP contribution is -2.31. The molecule has 1 aliphatic rings. The number of aryl methyl sites for hydroxylation is 1. The molecular weight excluding hydrogens is 498 g/mol. The van der Waals surface area contributed by atoms with Gasteiger partial charge in [-0.25, -0.2) is 4.98 Å². The Balaban J connectivity index is 1.68. The number of rotatable bonds is 9. The summed E-state index contributed by atoms with van der Waals surface area (Å²) in [7, 11) is 0. The van der Waals surface area contributed by atoms with Gasteiger partial charge >= 0.3 is 0 Å². The molecule has 0 radical (unpaired) electrons. The molecule has 3 aromatic rings. The van der Waals surface area contributed by atoms with Crippen molar-refractivity contribution in [1.82, 2.24) is 14.5 Å². The number of benzene rings is 2. The van der Waals surface area contributed by atoms with Crippen molar-refractivity contribution in [2.45, 2.75) is 32.4 Å². The zero-order chi connectivity index (χ0) is 24.1. The number of amides is 1. The molecule has 0 aliphatic carbocycles. The summed E-state index contributed by atoms with van der Waals surface area (Å²) >= 11 is 3.48. The molecule has 1 amide bonds. The molecule has 1 N–H and O–H groups in total. The van der Waals surface area contributed by atoms with Crippen LogP contribution in [0.3, 0.4) is 0 Å². The molecular formula is C26H26BrN3O4. The van der Waals surface area contributed by atoms with Crippen LogP contribution in [-0.2, 0) is 16.1 Å². The zero-order valence-corrected chi connectivity index (χ0v) is 20.4. The molecule has 1 aliphatic heterocycles. The van der Waals surface area contributed by atoms with Gasteiger partial charge in [-0.3, -0.25) is 9.59 Å². The van der Waals surface area contributed by atoms with Gasteiger partial charge in [-0.05, 0) is 54.8 Å². The Morgan fingerprint density at radius 1 is 1.15 bits per heavy atom. The average molecular weight is 524 g/mol. The fraction of sp³-hybridized carbons (Fsp3) is 0.269. The van der Waals surface area contributed by atoms with Crippen LogP contribution in [-0.4, -0.2) is 44.4 Å². The van der Waals surface area contributed by atoms with Crippen molar-refractivity contribution < 1.29 is 19.4 Å². The molecule has 34 heavy (non-hydrogen) atoms. The number of hydrogen-bond donors (Lipinski definition) is 1. The molecule has 7 nitrogen and oxygen atoms in total. The van der Waals surface area contributed by atoms with Crippen molar-refractivity contribution in [3.63, 3.8) is 0 Å². The number of carbonyl (C=O) groups is 2. The number of hydrogen-bond acceptors (Lipinski definition) is 5. The Bertz CT molecular complexity index is 1190. The van der Waals surface area contributed by atoms with Crippen LogP contribution in [0.2, 0.25) is 0 Å². The van der Waals surface area contributed by atoms with Gasteiger partial charge in [-0.2, -0.15) is 0 Å². The quantitative estimate of drug-likeness (QED) is 0.243. The maximum absolute atomic E-state index is 13.1. The predicted molar refractivity (Wildman–Crippen MR) is 132 cm³/mol. The number of ether oxygens (including phenoxy) is 1. The van der Waals surface area contributed by atoms with Crippen molar-refractivity contribution in [2.24, 2.45) is 0 Å². The highest BCUT2D eigenvalue weighted by Crippen LogP contribution is 2.40. The van der Waals surface area contributed by atoms with Crippen LogP contribution in [0.25, 0.3) is 5.76 Å². The summed E-state index contributed by atoms with van der Waals surface area (Å²) < 4.78 is 8.36. The van der Waals surface area contributed by atoms with Crippen LogP contribution in [0.4, 0.5) is 0 Å². The first-order valence-electron chi connectivity index (χ1n) is 11.2. The summed E-state index contributed by atoms with van der Waals surface area (Å²) in [6.45, 7) is 3.64. The Labute approximate surface area is 206 Å². The van der Waals surface area contributed by atoms with E-state index in [1.165, 1.54) is 0 Å². The van der Waals surface area contributed by atoms with Gasteiger partial charge in [0, 0.05) is 35.5 Å². The number of ketones is 1. The van der Waals surface area contributed by atoms with Gasteiger partial charge in [-0.15, -0.1) is 0 Å². The van der Waals surface area contributed by atoms with Crippen molar-refractivity contribution in [3.8, 4) is 5.75 Å². The average Bonchev–Trinajstić information content (AvgIpc) is 3.45. The number of aliphatic hydroxyl groups is 1. The number of imidazole rings is 1. The second kappa shape index (κ2) is 10.7. The van der Waals surface area contributed by atoms with E-state index in [1.54, 1.807) is 41.7 Å². The van der Waals surface area contributed by atoms with E-state index in [4.69, 9.17) is 4.74 Å². The standard InChI is InChI=1S/C26H26BrN3O4/c1-2-15-34-21-9-7-18(8-10-21)24(31)22-23(19-5-3-6-20(27)16-19)30(26(33)25(22)32)13-4-12-29-14-11-28-17-29/h3,5-11,14,16-17,23,31H,2,4,12-13,15H2,1H3/b24-22+. The minimum Gasteiger partial charge on any atom is -0.507 e. The molecule has 1 unspecified atom stereocenters. The first-order chi connectivity index (χ1) is 16.5. The van der Waals surface area contributed by atoms with Gasteiger partial charge in [0.05, 0.1) is 24.5 Å². The van der Waals surface area contributed by atoms with E-state index in [0.29, 0.717) is 37.4 Å². The summed E-state index contributed by atoms with van der Waals surface area (Å²) in [5.74, 6) is -0.805. The number of nitrogens with zero attached hydrogens (tertiary/aromatic N) is 3. The Hall–Kier alpha value is -3.39. The molecule has 1 saturated heterocycles. The fourth-order valence-electron chi connectivity index (χ4n) is 4.06. The third-order valence-corrected chi connectivity index (χ3v) is 6.17. The summed E-state index contributed by atoms with van der Waals surface area (Å²) in [6, 6.07) is 13.7. The number of Topliss-reactive ketones (excluding diaryl/α,β-unsaturated/α-hetero) is 1. The summed E-state index contributed by atoms with van der Waals surface area (Å²) in [5.41, 5.74) is 1.30. The van der Waals surface area contributed by atoms with Crippen LogP contribution >= 0.6 is 15.9 Å². The third-order valence-electron chi connectivity index (χ3n) is 5.68. The highest BCUT2D eigenvalue weighted by Gasteiger charge is 2.45. The Morgan fingerprint density at radius 2 is 1.94 bits per heavy atom. The van der Waals surface area contributed by atoms with Crippen LogP contribution in [0, 0.1) is 0 Å². The van der Waals surface area contributed by atoms with Crippen LogP contribution in [0.15, 0.2) is 77.3 Å². The van der Waals surface area contributed by atoms with Crippen LogP contribution in [0.5, 0.6) is 5.75 Å². The lowest BCUT2D eigenvalue weighted by atomic mass is 9.95. The van der Waals surface area contributed by atoms with Gasteiger partial charge in [0.25, 0.3) is 11.7 Å². The molecule has 1 atom stereocenters. The SMILES string of the molecule is CCCOc1ccc(/C(O)=C2\C(=O)C(=O)N(CCCn3ccnc3)C2c2cccc(Br)c2)cc1. The van der Waals surface area contributed by atoms with Crippen molar-refractivity contribution >= 4 is 33.4 Å². The molecule has 176 valence electrons. The van der Waals surface area contributed by atoms with Gasteiger partial charge in [0.2, 0.25) is 0 Å². The fourth-order valence-corrected chi connectivity index (χ4v) is 4.48. The lowest BCUT2D eigenvalue weighted by Gasteiger charge is -2.25. The summed E-state index contributed by atoms with van der Waals surface area (Å²) in [4.78, 5) is 31.8. The van der Waals surface area contributed by atoms with Crippen molar-refractivity contribution in [3.05, 3.63) is 88.4 Å². The van der Waals surface area contributed by atoms with Crippen molar-refractivity contribution in [2.75, 3.05) is 13.2 Å². The van der Waals surface area contributed by atoms with Gasteiger partial charge in [0.1, 0.15) is 11.5 Å². The van der Waals surface area contributed by atoms with Gasteiger partial charge < -0.3 is 19.3 Å².